The van der Waals surface area contributed by atoms with Gasteiger partial charge in [0.2, 0.25) is 0 Å². The van der Waals surface area contributed by atoms with Gasteiger partial charge in [-0.05, 0) is 30.3 Å². The molecule has 1 aliphatic rings. The number of hydrogen-bond acceptors (Lipinski definition) is 4. The Morgan fingerprint density at radius 2 is 1.52 bits per heavy atom. The van der Waals surface area contributed by atoms with E-state index >= 15 is 0 Å². The monoisotopic (exact) mass is 349 g/mol. The lowest BCUT2D eigenvalue weighted by Crippen LogP contribution is -2.22. The molecule has 0 bridgehead atoms. The van der Waals surface area contributed by atoms with E-state index in [-0.39, 0.29) is 39.0 Å². The topological polar surface area (TPSA) is 69.4 Å². The Kier molecular flexibility index (Phi) is 3.55. The Morgan fingerprint density at radius 3 is 2.28 bits per heavy atom. The van der Waals surface area contributed by atoms with Gasteiger partial charge in [0, 0.05) is 22.4 Å². The Morgan fingerprint density at radius 1 is 0.800 bits per heavy atom. The average molecular weight is 350 g/mol. The maximum absolute atomic E-state index is 12.9. The molecule has 4 rings (SSSR count). The van der Waals surface area contributed by atoms with E-state index in [1.54, 1.807) is 30.3 Å². The highest BCUT2D eigenvalue weighted by atomic mass is 35.5. The zero-order chi connectivity index (χ0) is 17.6. The predicted octanol–water partition coefficient (Wildman–Crippen LogP) is 4.49. The van der Waals surface area contributed by atoms with Gasteiger partial charge in [0.05, 0.1) is 10.6 Å². The average Bonchev–Trinajstić information content (AvgIpc) is 2.61. The van der Waals surface area contributed by atoms with Gasteiger partial charge in [-0.3, -0.25) is 9.59 Å². The summed E-state index contributed by atoms with van der Waals surface area (Å²) >= 11 is 6.27. The van der Waals surface area contributed by atoms with Crippen LogP contribution in [0.5, 0.6) is 11.5 Å². The van der Waals surface area contributed by atoms with Crippen LogP contribution in [0.15, 0.2) is 60.7 Å². The van der Waals surface area contributed by atoms with Crippen molar-refractivity contribution in [2.75, 3.05) is 5.73 Å². The molecule has 0 fully saturated rings. The quantitative estimate of drug-likeness (QED) is 0.541. The highest BCUT2D eigenvalue weighted by molar-refractivity contribution is 6.35. The lowest BCUT2D eigenvalue weighted by Gasteiger charge is -2.20. The first-order chi connectivity index (χ1) is 12.1. The van der Waals surface area contributed by atoms with Gasteiger partial charge < -0.3 is 10.5 Å². The van der Waals surface area contributed by atoms with Crippen LogP contribution in [0.2, 0.25) is 5.02 Å². The van der Waals surface area contributed by atoms with Gasteiger partial charge in [0.15, 0.2) is 11.6 Å². The normalized spacial score (nSPS) is 12.5. The van der Waals surface area contributed by atoms with E-state index < -0.39 is 0 Å². The van der Waals surface area contributed by atoms with Crippen LogP contribution in [0.4, 0.5) is 5.69 Å². The predicted molar refractivity (Wildman–Crippen MR) is 95.7 cm³/mol. The van der Waals surface area contributed by atoms with Crippen LogP contribution in [0.25, 0.3) is 0 Å². The minimum Gasteiger partial charge on any atom is -0.456 e. The fourth-order valence-electron chi connectivity index (χ4n) is 2.92. The Hall–Kier alpha value is -3.11. The van der Waals surface area contributed by atoms with E-state index in [9.17, 15) is 9.59 Å². The van der Waals surface area contributed by atoms with Gasteiger partial charge in [-0.25, -0.2) is 0 Å². The minimum atomic E-state index is -0.308. The Labute approximate surface area is 148 Å². The van der Waals surface area contributed by atoms with Gasteiger partial charge in [-0.2, -0.15) is 0 Å². The molecule has 0 saturated carbocycles. The number of halogens is 1. The number of hydrogen-bond donors (Lipinski definition) is 1. The van der Waals surface area contributed by atoms with Crippen molar-refractivity contribution in [3.05, 3.63) is 87.9 Å². The zero-order valence-electron chi connectivity index (χ0n) is 13.0. The number of benzene rings is 3. The van der Waals surface area contributed by atoms with Crippen molar-refractivity contribution in [2.45, 2.75) is 0 Å². The first-order valence-electron chi connectivity index (χ1n) is 7.60. The highest BCUT2D eigenvalue weighted by Gasteiger charge is 2.32. The number of ether oxygens (including phenoxy) is 1. The molecule has 0 aromatic heterocycles. The smallest absolute Gasteiger partial charge is 0.196 e. The van der Waals surface area contributed by atoms with Crippen molar-refractivity contribution in [1.29, 1.82) is 0 Å². The third-order valence-electron chi connectivity index (χ3n) is 4.10. The molecule has 0 heterocycles. The fraction of sp³-hybridized carbons (Fsp3) is 0. The van der Waals surface area contributed by atoms with E-state index in [1.165, 1.54) is 12.1 Å². The van der Waals surface area contributed by atoms with Crippen molar-refractivity contribution < 1.29 is 14.3 Å². The maximum atomic E-state index is 12.9. The number of fused-ring (bicyclic) bond motifs is 2. The first-order valence-corrected chi connectivity index (χ1v) is 7.98. The summed E-state index contributed by atoms with van der Waals surface area (Å²) in [6.45, 7) is 0. The molecule has 25 heavy (non-hydrogen) atoms. The number of carbonyl (C=O) groups is 2. The largest absolute Gasteiger partial charge is 0.456 e. The van der Waals surface area contributed by atoms with Crippen LogP contribution < -0.4 is 10.5 Å². The molecule has 3 aromatic carbocycles. The zero-order valence-corrected chi connectivity index (χ0v) is 13.7. The van der Waals surface area contributed by atoms with Crippen LogP contribution in [0.3, 0.4) is 0 Å². The number of ketones is 2. The molecule has 0 amide bonds. The number of rotatable bonds is 2. The summed E-state index contributed by atoms with van der Waals surface area (Å²) in [5, 5.41) is 0.260. The van der Waals surface area contributed by atoms with Gasteiger partial charge in [-0.15, -0.1) is 0 Å². The summed E-state index contributed by atoms with van der Waals surface area (Å²) < 4.78 is 5.75. The van der Waals surface area contributed by atoms with Crippen molar-refractivity contribution in [2.24, 2.45) is 0 Å². The maximum Gasteiger partial charge on any atom is 0.196 e. The van der Waals surface area contributed by atoms with Crippen LogP contribution in [-0.4, -0.2) is 11.6 Å². The number of para-hydroxylation sites is 1. The van der Waals surface area contributed by atoms with Gasteiger partial charge in [-0.1, -0.05) is 41.9 Å². The summed E-state index contributed by atoms with van der Waals surface area (Å²) in [6.07, 6.45) is 0. The van der Waals surface area contributed by atoms with Gasteiger partial charge in [0.1, 0.15) is 11.5 Å². The Balaban J connectivity index is 1.85. The van der Waals surface area contributed by atoms with E-state index in [2.05, 4.69) is 0 Å². The highest BCUT2D eigenvalue weighted by Crippen LogP contribution is 2.37. The summed E-state index contributed by atoms with van der Waals surface area (Å²) in [6, 6.07) is 16.9. The van der Waals surface area contributed by atoms with Gasteiger partial charge >= 0.3 is 0 Å². The van der Waals surface area contributed by atoms with Crippen LogP contribution in [-0.2, 0) is 0 Å². The molecule has 0 atom stereocenters. The summed E-state index contributed by atoms with van der Waals surface area (Å²) in [7, 11) is 0. The van der Waals surface area contributed by atoms with Crippen molar-refractivity contribution >= 4 is 28.9 Å². The summed E-state index contributed by atoms with van der Waals surface area (Å²) in [4.78, 5) is 25.6. The second-order valence-electron chi connectivity index (χ2n) is 5.67. The summed E-state index contributed by atoms with van der Waals surface area (Å²) in [5.74, 6) is 0.312. The first kappa shape index (κ1) is 15.4. The molecule has 4 nitrogen and oxygen atoms in total. The molecule has 0 unspecified atom stereocenters. The van der Waals surface area contributed by atoms with E-state index in [0.29, 0.717) is 17.1 Å². The second kappa shape index (κ2) is 5.76. The second-order valence-corrected chi connectivity index (χ2v) is 6.08. The SMILES string of the molecule is Nc1cccc2c1C(=O)c1cc(Oc3ccccc3)c(Cl)cc1C2=O. The molecule has 3 aromatic rings. The van der Waals surface area contributed by atoms with Crippen molar-refractivity contribution in [1.82, 2.24) is 0 Å². The molecular weight excluding hydrogens is 338 g/mol. The van der Waals surface area contributed by atoms with Gasteiger partial charge in [0.25, 0.3) is 0 Å². The fourth-order valence-corrected chi connectivity index (χ4v) is 3.12. The lowest BCUT2D eigenvalue weighted by molar-refractivity contribution is 0.0979. The molecule has 1 aliphatic carbocycles. The number of nitrogens with two attached hydrogens (primary N) is 1. The number of nitrogen functional groups attached to an aromatic ring is 1. The van der Waals surface area contributed by atoms with E-state index in [0.717, 1.165) is 0 Å². The molecule has 5 heteroatoms. The third-order valence-corrected chi connectivity index (χ3v) is 4.40. The van der Waals surface area contributed by atoms with Crippen LogP contribution in [0.1, 0.15) is 31.8 Å². The number of carbonyl (C=O) groups excluding carboxylic acids is 2. The van der Waals surface area contributed by atoms with Crippen LogP contribution in [0, 0.1) is 0 Å². The Bertz CT molecular complexity index is 1030. The standard InChI is InChI=1S/C20H12ClNO3/c21-15-9-13-14(10-17(15)25-11-5-2-1-3-6-11)20(24)18-12(19(13)23)7-4-8-16(18)22/h1-10H,22H2. The molecule has 0 saturated heterocycles. The minimum absolute atomic E-state index is 0.230. The molecule has 122 valence electrons. The molecule has 0 aliphatic heterocycles. The van der Waals surface area contributed by atoms with Crippen molar-refractivity contribution in [3.8, 4) is 11.5 Å². The molecular formula is C20H12ClNO3. The van der Waals surface area contributed by atoms with E-state index in [1.807, 2.05) is 18.2 Å². The molecule has 0 radical (unpaired) electrons. The van der Waals surface area contributed by atoms with E-state index in [4.69, 9.17) is 22.1 Å². The third kappa shape index (κ3) is 2.47. The summed E-state index contributed by atoms with van der Waals surface area (Å²) in [5.41, 5.74) is 7.22. The van der Waals surface area contributed by atoms with Crippen LogP contribution >= 0.6 is 11.6 Å². The number of anilines is 1. The molecule has 0 spiro atoms. The lowest BCUT2D eigenvalue weighted by atomic mass is 9.83. The molecule has 2 N–H and O–H groups in total. The van der Waals surface area contributed by atoms with Crippen molar-refractivity contribution in [3.63, 3.8) is 0 Å².